The van der Waals surface area contributed by atoms with E-state index in [0.717, 1.165) is 31.9 Å². The maximum Gasteiger partial charge on any atom is 0.214 e. The quantitative estimate of drug-likeness (QED) is 0.765. The van der Waals surface area contributed by atoms with E-state index >= 15 is 0 Å². The third-order valence-electron chi connectivity index (χ3n) is 4.08. The summed E-state index contributed by atoms with van der Waals surface area (Å²) in [7, 11) is 1.47. The van der Waals surface area contributed by atoms with Gasteiger partial charge in [-0.25, -0.2) is 17.1 Å². The van der Waals surface area contributed by atoms with Gasteiger partial charge >= 0.3 is 0 Å². The summed E-state index contributed by atoms with van der Waals surface area (Å²) in [4.78, 5) is 4.27. The van der Waals surface area contributed by atoms with Crippen molar-refractivity contribution >= 4 is 15.7 Å². The van der Waals surface area contributed by atoms with Crippen molar-refractivity contribution in [2.24, 2.45) is 0 Å². The van der Waals surface area contributed by atoms with Crippen LogP contribution in [0, 0.1) is 5.82 Å². The molecule has 0 N–H and O–H groups in total. The first-order chi connectivity index (χ1) is 10.8. The van der Waals surface area contributed by atoms with Crippen LogP contribution in [0.15, 0.2) is 18.2 Å². The molecule has 1 aliphatic heterocycles. The fourth-order valence-corrected chi connectivity index (χ4v) is 3.41. The number of hydrogen-bond donors (Lipinski definition) is 0. The van der Waals surface area contributed by atoms with Crippen LogP contribution in [0.25, 0.3) is 0 Å². The van der Waals surface area contributed by atoms with Crippen molar-refractivity contribution in [2.75, 3.05) is 64.6 Å². The van der Waals surface area contributed by atoms with Crippen LogP contribution < -0.4 is 9.64 Å². The molecule has 0 unspecified atom stereocenters. The third-order valence-corrected chi connectivity index (χ3v) is 5.89. The van der Waals surface area contributed by atoms with Gasteiger partial charge in [-0.05, 0) is 12.1 Å². The van der Waals surface area contributed by atoms with Crippen LogP contribution in [-0.4, -0.2) is 77.3 Å². The zero-order valence-corrected chi connectivity index (χ0v) is 14.6. The Labute approximate surface area is 137 Å². The predicted octanol–water partition coefficient (Wildman–Crippen LogP) is 0.848. The number of benzene rings is 1. The Balaban J connectivity index is 1.92. The van der Waals surface area contributed by atoms with Crippen LogP contribution in [0.1, 0.15) is 0 Å². The van der Waals surface area contributed by atoms with E-state index in [1.807, 2.05) is 0 Å². The average Bonchev–Trinajstić information content (AvgIpc) is 2.53. The number of halogens is 1. The molecule has 130 valence electrons. The number of methoxy groups -OCH3 is 1. The average molecular weight is 345 g/mol. The second-order valence-corrected chi connectivity index (χ2v) is 8.05. The van der Waals surface area contributed by atoms with E-state index < -0.39 is 10.0 Å². The second kappa shape index (κ2) is 7.46. The molecule has 2 rings (SSSR count). The van der Waals surface area contributed by atoms with Crippen molar-refractivity contribution < 1.29 is 17.5 Å². The van der Waals surface area contributed by atoms with E-state index in [0.29, 0.717) is 12.3 Å². The van der Waals surface area contributed by atoms with Crippen molar-refractivity contribution in [3.8, 4) is 5.75 Å². The Morgan fingerprint density at radius 2 is 1.87 bits per heavy atom. The molecule has 8 heteroatoms. The molecular formula is C15H24FN3O3S. The minimum Gasteiger partial charge on any atom is -0.494 e. The molecule has 1 aromatic rings. The lowest BCUT2D eigenvalue weighted by molar-refractivity contribution is 0.270. The number of hydrogen-bond acceptors (Lipinski definition) is 5. The Kier molecular flexibility index (Phi) is 5.83. The Bertz CT molecular complexity index is 629. The summed E-state index contributed by atoms with van der Waals surface area (Å²) in [6.45, 7) is 3.57. The standard InChI is InChI=1S/C15H24FN3O3S/c1-17(2)23(20,21)11-10-18-6-8-19(9-7-18)14-5-4-13(16)12-15(14)22-3/h4-5,12H,6-11H2,1-3H3. The first-order valence-electron chi connectivity index (χ1n) is 7.54. The monoisotopic (exact) mass is 345 g/mol. The highest BCUT2D eigenvalue weighted by Crippen LogP contribution is 2.29. The maximum atomic E-state index is 13.3. The highest BCUT2D eigenvalue weighted by atomic mass is 32.2. The fraction of sp³-hybridized carbons (Fsp3) is 0.600. The minimum atomic E-state index is -3.16. The van der Waals surface area contributed by atoms with Crippen LogP contribution in [0.5, 0.6) is 5.75 Å². The Morgan fingerprint density at radius 1 is 1.22 bits per heavy atom. The first-order valence-corrected chi connectivity index (χ1v) is 9.15. The molecule has 0 spiro atoms. The van der Waals surface area contributed by atoms with E-state index in [9.17, 15) is 12.8 Å². The van der Waals surface area contributed by atoms with Crippen LogP contribution in [0.4, 0.5) is 10.1 Å². The molecule has 0 aliphatic carbocycles. The zero-order valence-electron chi connectivity index (χ0n) is 13.8. The summed E-state index contributed by atoms with van der Waals surface area (Å²) in [6, 6.07) is 4.53. The van der Waals surface area contributed by atoms with E-state index in [4.69, 9.17) is 4.74 Å². The third kappa shape index (κ3) is 4.55. The van der Waals surface area contributed by atoms with Gasteiger partial charge in [-0.15, -0.1) is 0 Å². The Hall–Kier alpha value is -1.38. The van der Waals surface area contributed by atoms with Crippen LogP contribution in [-0.2, 0) is 10.0 Å². The lowest BCUT2D eigenvalue weighted by atomic mass is 10.2. The van der Waals surface area contributed by atoms with Crippen LogP contribution in [0.3, 0.4) is 0 Å². The number of rotatable bonds is 6. The van der Waals surface area contributed by atoms with Crippen molar-refractivity contribution in [2.45, 2.75) is 0 Å². The molecule has 1 aliphatic rings. The molecule has 6 nitrogen and oxygen atoms in total. The summed E-state index contributed by atoms with van der Waals surface area (Å²) in [6.07, 6.45) is 0. The Morgan fingerprint density at radius 3 is 2.43 bits per heavy atom. The highest BCUT2D eigenvalue weighted by molar-refractivity contribution is 7.89. The molecular weight excluding hydrogens is 321 g/mol. The van der Waals surface area contributed by atoms with Gasteiger partial charge in [-0.2, -0.15) is 0 Å². The van der Waals surface area contributed by atoms with Gasteiger partial charge < -0.3 is 9.64 Å². The molecule has 0 aromatic heterocycles. The normalized spacial score (nSPS) is 16.8. The van der Waals surface area contributed by atoms with Gasteiger partial charge in [0, 0.05) is 52.9 Å². The maximum absolute atomic E-state index is 13.3. The fourth-order valence-electron chi connectivity index (χ4n) is 2.55. The molecule has 1 aromatic carbocycles. The first kappa shape index (κ1) is 18.0. The molecule has 0 saturated carbocycles. The second-order valence-electron chi connectivity index (χ2n) is 5.74. The molecule has 0 bridgehead atoms. The van der Waals surface area contributed by atoms with Crippen LogP contribution >= 0.6 is 0 Å². The topological polar surface area (TPSA) is 53.1 Å². The number of ether oxygens (including phenoxy) is 1. The summed E-state index contributed by atoms with van der Waals surface area (Å²) < 4.78 is 43.4. The zero-order chi connectivity index (χ0) is 17.0. The van der Waals surface area contributed by atoms with Crippen molar-refractivity contribution in [3.63, 3.8) is 0 Å². The SMILES string of the molecule is COc1cc(F)ccc1N1CCN(CCS(=O)(=O)N(C)C)CC1. The molecule has 1 saturated heterocycles. The molecule has 0 amide bonds. The van der Waals surface area contributed by atoms with Crippen molar-refractivity contribution in [3.05, 3.63) is 24.0 Å². The summed E-state index contributed by atoms with van der Waals surface area (Å²) in [5.74, 6) is 0.326. The van der Waals surface area contributed by atoms with Crippen LogP contribution in [0.2, 0.25) is 0 Å². The largest absolute Gasteiger partial charge is 0.494 e. The van der Waals surface area contributed by atoms with E-state index in [1.165, 1.54) is 23.5 Å². The number of piperazine rings is 1. The summed E-state index contributed by atoms with van der Waals surface area (Å²) in [5, 5.41) is 0. The van der Waals surface area contributed by atoms with E-state index in [-0.39, 0.29) is 11.6 Å². The molecule has 23 heavy (non-hydrogen) atoms. The van der Waals surface area contributed by atoms with Gasteiger partial charge in [0.05, 0.1) is 18.6 Å². The van der Waals surface area contributed by atoms with Crippen molar-refractivity contribution in [1.82, 2.24) is 9.21 Å². The smallest absolute Gasteiger partial charge is 0.214 e. The van der Waals surface area contributed by atoms with E-state index in [2.05, 4.69) is 9.80 Å². The predicted molar refractivity (Wildman–Crippen MR) is 89.1 cm³/mol. The minimum absolute atomic E-state index is 0.125. The van der Waals surface area contributed by atoms with Gasteiger partial charge in [-0.3, -0.25) is 4.90 Å². The highest BCUT2D eigenvalue weighted by Gasteiger charge is 2.22. The molecule has 1 fully saturated rings. The number of nitrogens with zero attached hydrogens (tertiary/aromatic N) is 3. The van der Waals surface area contributed by atoms with Gasteiger partial charge in [-0.1, -0.05) is 0 Å². The number of sulfonamides is 1. The van der Waals surface area contributed by atoms with Crippen molar-refractivity contribution in [1.29, 1.82) is 0 Å². The summed E-state index contributed by atoms with van der Waals surface area (Å²) in [5.41, 5.74) is 0.870. The molecule has 0 atom stereocenters. The number of anilines is 1. The summed E-state index contributed by atoms with van der Waals surface area (Å²) >= 11 is 0. The van der Waals surface area contributed by atoms with E-state index in [1.54, 1.807) is 20.2 Å². The lowest BCUT2D eigenvalue weighted by Gasteiger charge is -2.36. The molecule has 0 radical (unpaired) electrons. The van der Waals surface area contributed by atoms with Gasteiger partial charge in [0.15, 0.2) is 0 Å². The lowest BCUT2D eigenvalue weighted by Crippen LogP contribution is -2.48. The van der Waals surface area contributed by atoms with Gasteiger partial charge in [0.25, 0.3) is 0 Å². The van der Waals surface area contributed by atoms with Gasteiger partial charge in [0.2, 0.25) is 10.0 Å². The van der Waals surface area contributed by atoms with Gasteiger partial charge in [0.1, 0.15) is 11.6 Å². The molecule has 1 heterocycles.